The number of halogens is 3. The monoisotopic (exact) mass is 390 g/mol. The number of hydrogen-bond donors (Lipinski definition) is 1. The van der Waals surface area contributed by atoms with E-state index in [4.69, 9.17) is 0 Å². The number of rotatable bonds is 3. The first kappa shape index (κ1) is 18.3. The van der Waals surface area contributed by atoms with Crippen molar-refractivity contribution in [2.24, 2.45) is 0 Å². The number of hydrogen-bond acceptors (Lipinski definition) is 5. The molecule has 3 heterocycles. The molecule has 0 fully saturated rings. The van der Waals surface area contributed by atoms with E-state index in [9.17, 15) is 23.1 Å². The maximum Gasteiger partial charge on any atom is 0.424 e. The SMILES string of the molecule is Cc1csc(C(O)(CC(=O)N2CCc3sccc3C2C)C(F)(F)F)n1. The number of thiazole rings is 1. The van der Waals surface area contributed by atoms with E-state index in [-0.39, 0.29) is 6.04 Å². The Morgan fingerprint density at radius 1 is 1.44 bits per heavy atom. The first-order valence-corrected chi connectivity index (χ1v) is 9.47. The van der Waals surface area contributed by atoms with Crippen LogP contribution in [0.25, 0.3) is 0 Å². The zero-order chi connectivity index (χ0) is 18.4. The van der Waals surface area contributed by atoms with E-state index in [1.165, 1.54) is 10.3 Å². The van der Waals surface area contributed by atoms with E-state index < -0.39 is 29.1 Å². The second kappa shape index (κ2) is 6.37. The van der Waals surface area contributed by atoms with Crippen molar-refractivity contribution in [3.8, 4) is 0 Å². The maximum atomic E-state index is 13.6. The third-order valence-electron chi connectivity index (χ3n) is 4.45. The number of fused-ring (bicyclic) bond motifs is 1. The second-order valence-corrected chi connectivity index (χ2v) is 8.00. The fraction of sp³-hybridized carbons (Fsp3) is 0.500. The van der Waals surface area contributed by atoms with Crippen molar-refractivity contribution in [3.63, 3.8) is 0 Å². The lowest BCUT2D eigenvalue weighted by Gasteiger charge is -2.36. The van der Waals surface area contributed by atoms with Gasteiger partial charge in [-0.25, -0.2) is 4.98 Å². The highest BCUT2D eigenvalue weighted by Crippen LogP contribution is 2.44. The Kier molecular flexibility index (Phi) is 4.67. The van der Waals surface area contributed by atoms with Gasteiger partial charge in [-0.2, -0.15) is 13.2 Å². The summed E-state index contributed by atoms with van der Waals surface area (Å²) < 4.78 is 40.7. The topological polar surface area (TPSA) is 53.4 Å². The molecule has 0 saturated heterocycles. The first-order valence-electron chi connectivity index (χ1n) is 7.71. The number of carbonyl (C=O) groups is 1. The van der Waals surface area contributed by atoms with E-state index in [1.54, 1.807) is 25.2 Å². The molecule has 4 nitrogen and oxygen atoms in total. The van der Waals surface area contributed by atoms with Crippen LogP contribution in [-0.2, 0) is 16.8 Å². The van der Waals surface area contributed by atoms with E-state index in [0.717, 1.165) is 10.4 Å². The van der Waals surface area contributed by atoms with E-state index >= 15 is 0 Å². The highest BCUT2D eigenvalue weighted by Gasteiger charge is 2.58. The zero-order valence-corrected chi connectivity index (χ0v) is 15.3. The number of aryl methyl sites for hydroxylation is 1. The Morgan fingerprint density at radius 2 is 2.16 bits per heavy atom. The van der Waals surface area contributed by atoms with Crippen molar-refractivity contribution in [3.05, 3.63) is 38.0 Å². The smallest absolute Gasteiger partial charge is 0.374 e. The van der Waals surface area contributed by atoms with Crippen LogP contribution in [0.5, 0.6) is 0 Å². The second-order valence-electron chi connectivity index (χ2n) is 6.14. The Bertz CT molecular complexity index is 786. The summed E-state index contributed by atoms with van der Waals surface area (Å²) in [5.74, 6) is -0.725. The van der Waals surface area contributed by atoms with Crippen LogP contribution in [0.2, 0.25) is 0 Å². The lowest BCUT2D eigenvalue weighted by Crippen LogP contribution is -2.48. The van der Waals surface area contributed by atoms with Crippen LogP contribution in [0.1, 0.15) is 40.5 Å². The molecule has 2 aromatic heterocycles. The minimum atomic E-state index is -4.99. The summed E-state index contributed by atoms with van der Waals surface area (Å²) in [5, 5.41) is 13.2. The molecule has 0 saturated carbocycles. The number of aliphatic hydroxyl groups is 1. The van der Waals surface area contributed by atoms with Gasteiger partial charge in [0.15, 0.2) is 0 Å². The van der Waals surface area contributed by atoms with Crippen LogP contribution < -0.4 is 0 Å². The third kappa shape index (κ3) is 3.20. The minimum absolute atomic E-state index is 0.307. The average molecular weight is 390 g/mol. The molecule has 0 radical (unpaired) electrons. The van der Waals surface area contributed by atoms with Gasteiger partial charge in [-0.15, -0.1) is 22.7 Å². The van der Waals surface area contributed by atoms with Crippen LogP contribution in [0, 0.1) is 6.92 Å². The van der Waals surface area contributed by atoms with Gasteiger partial charge in [0.25, 0.3) is 0 Å². The molecule has 136 valence electrons. The van der Waals surface area contributed by atoms with Crippen molar-refractivity contribution in [1.82, 2.24) is 9.88 Å². The van der Waals surface area contributed by atoms with Gasteiger partial charge in [0.1, 0.15) is 5.01 Å². The number of amides is 1. The predicted molar refractivity (Wildman–Crippen MR) is 89.6 cm³/mol. The number of aromatic nitrogens is 1. The summed E-state index contributed by atoms with van der Waals surface area (Å²) in [6.07, 6.45) is -5.43. The summed E-state index contributed by atoms with van der Waals surface area (Å²) in [7, 11) is 0. The predicted octanol–water partition coefficient (Wildman–Crippen LogP) is 3.80. The van der Waals surface area contributed by atoms with Crippen molar-refractivity contribution < 1.29 is 23.1 Å². The van der Waals surface area contributed by atoms with E-state index in [2.05, 4.69) is 4.98 Å². The highest BCUT2D eigenvalue weighted by atomic mass is 32.1. The van der Waals surface area contributed by atoms with Gasteiger partial charge in [0.2, 0.25) is 11.5 Å². The third-order valence-corrected chi connectivity index (χ3v) is 6.55. The molecule has 0 bridgehead atoms. The Balaban J connectivity index is 1.87. The van der Waals surface area contributed by atoms with Gasteiger partial charge in [0.05, 0.1) is 12.5 Å². The average Bonchev–Trinajstić information content (AvgIpc) is 3.15. The molecule has 0 aromatic carbocycles. The number of nitrogens with zero attached hydrogens (tertiary/aromatic N) is 2. The van der Waals surface area contributed by atoms with E-state index in [0.29, 0.717) is 30.0 Å². The van der Waals surface area contributed by atoms with Crippen molar-refractivity contribution >= 4 is 28.6 Å². The summed E-state index contributed by atoms with van der Waals surface area (Å²) in [6.45, 7) is 3.69. The highest BCUT2D eigenvalue weighted by molar-refractivity contribution is 7.10. The minimum Gasteiger partial charge on any atom is -0.374 e. The molecule has 3 rings (SSSR count). The van der Waals surface area contributed by atoms with Gasteiger partial charge in [-0.3, -0.25) is 4.79 Å². The normalized spacial score (nSPS) is 20.2. The molecular formula is C16H17F3N2O2S2. The number of alkyl halides is 3. The number of carbonyl (C=O) groups excluding carboxylic acids is 1. The van der Waals surface area contributed by atoms with Crippen LogP contribution in [0.15, 0.2) is 16.8 Å². The van der Waals surface area contributed by atoms with Gasteiger partial charge >= 0.3 is 6.18 Å². The molecular weight excluding hydrogens is 373 g/mol. The van der Waals surface area contributed by atoms with Crippen molar-refractivity contribution in [1.29, 1.82) is 0 Å². The molecule has 2 atom stereocenters. The summed E-state index contributed by atoms with van der Waals surface area (Å²) in [5.41, 5.74) is -1.92. The quantitative estimate of drug-likeness (QED) is 0.867. The van der Waals surface area contributed by atoms with Gasteiger partial charge in [0, 0.05) is 22.5 Å². The molecule has 1 aliphatic rings. The molecule has 25 heavy (non-hydrogen) atoms. The van der Waals surface area contributed by atoms with Crippen LogP contribution >= 0.6 is 22.7 Å². The van der Waals surface area contributed by atoms with Gasteiger partial charge in [-0.05, 0) is 37.3 Å². The van der Waals surface area contributed by atoms with Crippen LogP contribution in [0.3, 0.4) is 0 Å². The number of thiophene rings is 1. The van der Waals surface area contributed by atoms with Gasteiger partial charge < -0.3 is 10.0 Å². The molecule has 1 amide bonds. The Morgan fingerprint density at radius 3 is 2.76 bits per heavy atom. The zero-order valence-electron chi connectivity index (χ0n) is 13.6. The van der Waals surface area contributed by atoms with E-state index in [1.807, 2.05) is 11.4 Å². The molecule has 9 heteroatoms. The Hall–Kier alpha value is -1.45. The Labute approximate surface area is 150 Å². The lowest BCUT2D eigenvalue weighted by atomic mass is 9.95. The summed E-state index contributed by atoms with van der Waals surface area (Å²) >= 11 is 2.30. The lowest BCUT2D eigenvalue weighted by molar-refractivity contribution is -0.268. The fourth-order valence-corrected chi connectivity index (χ4v) is 4.89. The molecule has 1 aliphatic heterocycles. The van der Waals surface area contributed by atoms with Crippen LogP contribution in [0.4, 0.5) is 13.2 Å². The molecule has 0 spiro atoms. The first-order chi connectivity index (χ1) is 11.6. The summed E-state index contributed by atoms with van der Waals surface area (Å²) in [6, 6.07) is 1.59. The standard InChI is InChI=1S/C16H17F3N2O2S2/c1-9-8-25-14(20-9)15(23,16(17,18)19)7-13(22)21-5-3-12-11(10(21)2)4-6-24-12/h4,6,8,10,23H,3,5,7H2,1-2H3. The molecule has 0 aliphatic carbocycles. The molecule has 2 aromatic rings. The van der Waals surface area contributed by atoms with Gasteiger partial charge in [-0.1, -0.05) is 0 Å². The molecule has 1 N–H and O–H groups in total. The largest absolute Gasteiger partial charge is 0.424 e. The molecule has 2 unspecified atom stereocenters. The fourth-order valence-electron chi connectivity index (χ4n) is 3.01. The maximum absolute atomic E-state index is 13.6. The van der Waals surface area contributed by atoms with Crippen LogP contribution in [-0.4, -0.2) is 33.6 Å². The van der Waals surface area contributed by atoms with Crippen molar-refractivity contribution in [2.45, 2.75) is 44.5 Å². The summed E-state index contributed by atoms with van der Waals surface area (Å²) in [4.78, 5) is 19.0. The van der Waals surface area contributed by atoms with Crippen molar-refractivity contribution in [2.75, 3.05) is 6.54 Å².